The van der Waals surface area contributed by atoms with Crippen LogP contribution in [0.5, 0.6) is 0 Å². The molecule has 0 aromatic carbocycles. The maximum Gasteiger partial charge on any atom is 0.310 e. The lowest BCUT2D eigenvalue weighted by atomic mass is 9.79. The van der Waals surface area contributed by atoms with E-state index in [0.29, 0.717) is 12.8 Å². The highest BCUT2D eigenvalue weighted by Crippen LogP contribution is 2.44. The smallest absolute Gasteiger partial charge is 0.310 e. The van der Waals surface area contributed by atoms with Gasteiger partial charge in [-0.3, -0.25) is 9.59 Å². The maximum absolute atomic E-state index is 13.1. The average Bonchev–Trinajstić information content (AvgIpc) is 3.99. The fourth-order valence-electron chi connectivity index (χ4n) is 7.67. The first-order valence-corrected chi connectivity index (χ1v) is 20.4. The van der Waals surface area contributed by atoms with Gasteiger partial charge < -0.3 is 23.7 Å². The van der Waals surface area contributed by atoms with Crippen LogP contribution in [-0.4, -0.2) is 61.8 Å². The molecule has 1 aliphatic carbocycles. The predicted octanol–water partition coefficient (Wildman–Crippen LogP) is 9.80. The highest BCUT2D eigenvalue weighted by atomic mass is 16.6. The van der Waals surface area contributed by atoms with Crippen molar-refractivity contribution in [3.63, 3.8) is 0 Å². The Morgan fingerprint density at radius 2 is 0.766 bits per heavy atom. The normalized spacial score (nSPS) is 28.9. The number of rotatable bonds is 30. The number of fused-ring (bicyclic) bond motifs is 1. The zero-order chi connectivity index (χ0) is 33.1. The molecule has 0 spiro atoms. The van der Waals surface area contributed by atoms with Crippen molar-refractivity contribution in [2.75, 3.05) is 13.2 Å². The molecule has 0 bridgehead atoms. The summed E-state index contributed by atoms with van der Waals surface area (Å²) in [5.41, 5.74) is 0. The lowest BCUT2D eigenvalue weighted by molar-refractivity contribution is -0.162. The molecule has 0 aromatic heterocycles. The van der Waals surface area contributed by atoms with Crippen LogP contribution in [-0.2, 0) is 33.3 Å². The Labute approximate surface area is 287 Å². The Kier molecular flexibility index (Phi) is 18.5. The van der Waals surface area contributed by atoms with Crippen LogP contribution in [0.25, 0.3) is 0 Å². The summed E-state index contributed by atoms with van der Waals surface area (Å²) < 4.78 is 28.7. The van der Waals surface area contributed by atoms with Crippen LogP contribution < -0.4 is 0 Å². The van der Waals surface area contributed by atoms with E-state index in [1.165, 1.54) is 141 Å². The second kappa shape index (κ2) is 22.5. The van der Waals surface area contributed by atoms with E-state index in [4.69, 9.17) is 23.7 Å². The molecular formula is C40H70O7. The molecule has 4 aliphatic rings. The van der Waals surface area contributed by atoms with E-state index in [-0.39, 0.29) is 61.8 Å². The standard InChI is InChI=1S/C40H70O7/c1-3-5-7-9-11-13-15-17-19-21-23-25-33-37(45-33)29-43-39(41)31-27-35-36(47-35)28-32(31)40(42)44-30-38-34(46-38)26-24-22-20-18-16-14-12-10-8-6-4-2/h31-38H,3-30H2,1-2H3. The number of ether oxygens (including phenoxy) is 5. The number of hydrogen-bond acceptors (Lipinski definition) is 7. The van der Waals surface area contributed by atoms with Gasteiger partial charge in [-0.1, -0.05) is 155 Å². The summed E-state index contributed by atoms with van der Waals surface area (Å²) in [4.78, 5) is 26.2. The highest BCUT2D eigenvalue weighted by molar-refractivity contribution is 5.82. The maximum atomic E-state index is 13.1. The summed E-state index contributed by atoms with van der Waals surface area (Å²) in [6.45, 7) is 5.10. The van der Waals surface area contributed by atoms with Gasteiger partial charge in [0, 0.05) is 0 Å². The monoisotopic (exact) mass is 663 g/mol. The van der Waals surface area contributed by atoms with Gasteiger partial charge in [0.25, 0.3) is 0 Å². The van der Waals surface area contributed by atoms with Crippen LogP contribution in [0.4, 0.5) is 0 Å². The Balaban J connectivity index is 0.987. The van der Waals surface area contributed by atoms with Gasteiger partial charge >= 0.3 is 11.9 Å². The largest absolute Gasteiger partial charge is 0.463 e. The van der Waals surface area contributed by atoms with Crippen molar-refractivity contribution in [3.05, 3.63) is 0 Å². The Hall–Kier alpha value is -1.18. The van der Waals surface area contributed by atoms with Crippen molar-refractivity contribution in [2.45, 2.75) is 217 Å². The lowest BCUT2D eigenvalue weighted by Crippen LogP contribution is -2.38. The first kappa shape index (κ1) is 38.6. The first-order valence-electron chi connectivity index (χ1n) is 20.4. The van der Waals surface area contributed by atoms with Crippen LogP contribution in [0, 0.1) is 11.8 Å². The first-order chi connectivity index (χ1) is 23.1. The molecule has 0 radical (unpaired) electrons. The Morgan fingerprint density at radius 3 is 1.11 bits per heavy atom. The third-order valence-electron chi connectivity index (χ3n) is 11.1. The number of carbonyl (C=O) groups is 2. The van der Waals surface area contributed by atoms with Crippen molar-refractivity contribution in [1.82, 2.24) is 0 Å². The molecule has 47 heavy (non-hydrogen) atoms. The summed E-state index contributed by atoms with van der Waals surface area (Å²) in [5.74, 6) is -1.60. The molecule has 3 aliphatic heterocycles. The molecule has 8 atom stereocenters. The van der Waals surface area contributed by atoms with Gasteiger partial charge in [0.15, 0.2) is 0 Å². The quantitative estimate of drug-likeness (QED) is 0.0430. The molecule has 272 valence electrons. The molecule has 3 saturated heterocycles. The van der Waals surface area contributed by atoms with Gasteiger partial charge in [-0.15, -0.1) is 0 Å². The summed E-state index contributed by atoms with van der Waals surface area (Å²) in [6, 6.07) is 0. The van der Waals surface area contributed by atoms with Crippen molar-refractivity contribution in [3.8, 4) is 0 Å². The molecule has 0 amide bonds. The van der Waals surface area contributed by atoms with E-state index in [9.17, 15) is 9.59 Å². The second-order valence-electron chi connectivity index (χ2n) is 15.2. The minimum Gasteiger partial charge on any atom is -0.463 e. The number of carbonyl (C=O) groups excluding carboxylic acids is 2. The van der Waals surface area contributed by atoms with Crippen molar-refractivity contribution >= 4 is 11.9 Å². The number of unbranched alkanes of at least 4 members (excludes halogenated alkanes) is 20. The summed E-state index contributed by atoms with van der Waals surface area (Å²) in [7, 11) is 0. The van der Waals surface area contributed by atoms with Gasteiger partial charge in [0.1, 0.15) is 25.4 Å². The minimum atomic E-state index is -0.498. The molecule has 3 heterocycles. The van der Waals surface area contributed by atoms with Crippen molar-refractivity contribution < 1.29 is 33.3 Å². The topological polar surface area (TPSA) is 90.2 Å². The number of esters is 2. The lowest BCUT2D eigenvalue weighted by Gasteiger charge is -2.26. The van der Waals surface area contributed by atoms with Gasteiger partial charge in [0.05, 0.1) is 36.3 Å². The summed E-state index contributed by atoms with van der Waals surface area (Å²) in [6.07, 6.45) is 33.1. The molecular weight excluding hydrogens is 592 g/mol. The van der Waals surface area contributed by atoms with Gasteiger partial charge in [-0.05, 0) is 25.7 Å². The van der Waals surface area contributed by atoms with Crippen LogP contribution >= 0.6 is 0 Å². The van der Waals surface area contributed by atoms with Crippen LogP contribution in [0.15, 0.2) is 0 Å². The molecule has 1 saturated carbocycles. The highest BCUT2D eigenvalue weighted by Gasteiger charge is 2.54. The van der Waals surface area contributed by atoms with Crippen LogP contribution in [0.3, 0.4) is 0 Å². The Morgan fingerprint density at radius 1 is 0.447 bits per heavy atom. The van der Waals surface area contributed by atoms with Gasteiger partial charge in [0.2, 0.25) is 0 Å². The van der Waals surface area contributed by atoms with Crippen LogP contribution in [0.1, 0.15) is 181 Å². The van der Waals surface area contributed by atoms with Gasteiger partial charge in [-0.2, -0.15) is 0 Å². The van der Waals surface area contributed by atoms with Crippen LogP contribution in [0.2, 0.25) is 0 Å². The molecule has 4 rings (SSSR count). The third-order valence-corrected chi connectivity index (χ3v) is 11.1. The molecule has 0 aromatic rings. The van der Waals surface area contributed by atoms with E-state index >= 15 is 0 Å². The van der Waals surface area contributed by atoms with Crippen molar-refractivity contribution in [1.29, 1.82) is 0 Å². The van der Waals surface area contributed by atoms with E-state index in [2.05, 4.69) is 13.8 Å². The molecule has 8 unspecified atom stereocenters. The predicted molar refractivity (Wildman–Crippen MR) is 186 cm³/mol. The fourth-order valence-corrected chi connectivity index (χ4v) is 7.67. The molecule has 4 fully saturated rings. The molecule has 0 N–H and O–H groups in total. The average molecular weight is 663 g/mol. The second-order valence-corrected chi connectivity index (χ2v) is 15.2. The fraction of sp³-hybridized carbons (Fsp3) is 0.950. The third kappa shape index (κ3) is 15.5. The number of epoxide rings is 3. The Bertz CT molecular complexity index is 796. The van der Waals surface area contributed by atoms with Crippen molar-refractivity contribution in [2.24, 2.45) is 11.8 Å². The molecule has 7 heteroatoms. The van der Waals surface area contributed by atoms with E-state index in [0.717, 1.165) is 12.8 Å². The van der Waals surface area contributed by atoms with E-state index in [1.54, 1.807) is 0 Å². The SMILES string of the molecule is CCCCCCCCCCCCCC1OC1COC(=O)C1CC2OC2CC1C(=O)OCC1OC1CCCCCCCCCCCCC. The van der Waals surface area contributed by atoms with E-state index < -0.39 is 11.8 Å². The van der Waals surface area contributed by atoms with E-state index in [1.807, 2.05) is 0 Å². The zero-order valence-corrected chi connectivity index (χ0v) is 30.3. The zero-order valence-electron chi connectivity index (χ0n) is 30.3. The molecule has 7 nitrogen and oxygen atoms in total. The summed E-state index contributed by atoms with van der Waals surface area (Å²) >= 11 is 0. The number of hydrogen-bond donors (Lipinski definition) is 0. The minimum absolute atomic E-state index is 0.00487. The summed E-state index contributed by atoms with van der Waals surface area (Å²) in [5, 5.41) is 0. The van der Waals surface area contributed by atoms with Gasteiger partial charge in [-0.25, -0.2) is 0 Å².